The van der Waals surface area contributed by atoms with Gasteiger partial charge in [0.05, 0.1) is 48.6 Å². The molecule has 0 saturated carbocycles. The van der Waals surface area contributed by atoms with E-state index < -0.39 is 35.6 Å². The Labute approximate surface area is 211 Å². The first kappa shape index (κ1) is 27.9. The number of carbonyl (C=O) groups is 2. The molecule has 9 heteroatoms. The fraction of sp³-hybridized carbons (Fsp3) is 0.731. The van der Waals surface area contributed by atoms with Crippen molar-refractivity contribution in [3.63, 3.8) is 0 Å². The second-order valence-corrected chi connectivity index (χ2v) is 11.6. The van der Waals surface area contributed by atoms with Gasteiger partial charge in [0.2, 0.25) is 0 Å². The van der Waals surface area contributed by atoms with Gasteiger partial charge in [-0.3, -0.25) is 9.59 Å². The van der Waals surface area contributed by atoms with E-state index in [9.17, 15) is 24.9 Å². The number of ether oxygens (including phenoxy) is 2. The fourth-order valence-electron chi connectivity index (χ4n) is 4.80. The van der Waals surface area contributed by atoms with Gasteiger partial charge in [0.1, 0.15) is 16.9 Å². The molecule has 2 aliphatic heterocycles. The SMILES string of the molecule is C/C(=C\c1csc(CO)n1)[C@@H]1C[C@@H]2O[C@@H]2CCC[C@H](C)C(O)[C@@H](C)C(=O)C(C)(C)[C@@H](O)CC(=O)O1. The Morgan fingerprint density at radius 1 is 1.23 bits per heavy atom. The molecule has 1 unspecified atom stereocenters. The third kappa shape index (κ3) is 6.98. The van der Waals surface area contributed by atoms with Crippen LogP contribution in [0.2, 0.25) is 0 Å². The van der Waals surface area contributed by atoms with E-state index >= 15 is 0 Å². The Hall–Kier alpha value is -1.65. The van der Waals surface area contributed by atoms with Gasteiger partial charge in [0.25, 0.3) is 0 Å². The summed E-state index contributed by atoms with van der Waals surface area (Å²) in [5.74, 6) is -1.61. The maximum absolute atomic E-state index is 13.2. The highest BCUT2D eigenvalue weighted by Crippen LogP contribution is 2.36. The van der Waals surface area contributed by atoms with Crippen LogP contribution in [0.5, 0.6) is 0 Å². The lowest BCUT2D eigenvalue weighted by atomic mass is 9.73. The molecule has 0 radical (unpaired) electrons. The Kier molecular flexibility index (Phi) is 9.26. The Bertz CT molecular complexity index is 927. The molecule has 2 aliphatic rings. The molecule has 0 aliphatic carbocycles. The largest absolute Gasteiger partial charge is 0.458 e. The van der Waals surface area contributed by atoms with Crippen LogP contribution in [-0.2, 0) is 25.7 Å². The first-order valence-electron chi connectivity index (χ1n) is 12.4. The van der Waals surface area contributed by atoms with Gasteiger partial charge in [0.15, 0.2) is 0 Å². The van der Waals surface area contributed by atoms with Gasteiger partial charge in [-0.1, -0.05) is 34.1 Å². The van der Waals surface area contributed by atoms with Crippen molar-refractivity contribution in [1.82, 2.24) is 4.98 Å². The molecule has 0 bridgehead atoms. The molecule has 35 heavy (non-hydrogen) atoms. The molecule has 3 heterocycles. The lowest BCUT2D eigenvalue weighted by Crippen LogP contribution is -2.45. The van der Waals surface area contributed by atoms with Crippen molar-refractivity contribution < 1.29 is 34.4 Å². The molecule has 2 saturated heterocycles. The topological polar surface area (TPSA) is 129 Å². The minimum Gasteiger partial charge on any atom is -0.458 e. The Balaban J connectivity index is 1.81. The van der Waals surface area contributed by atoms with Crippen LogP contribution in [0.4, 0.5) is 0 Å². The quantitative estimate of drug-likeness (QED) is 0.418. The van der Waals surface area contributed by atoms with E-state index in [2.05, 4.69) is 4.98 Å². The zero-order chi connectivity index (χ0) is 25.9. The molecular formula is C26H39NO7S. The van der Waals surface area contributed by atoms with E-state index in [0.717, 1.165) is 24.8 Å². The van der Waals surface area contributed by atoms with Gasteiger partial charge in [0, 0.05) is 17.7 Å². The number of carbonyl (C=O) groups excluding carboxylic acids is 2. The number of cyclic esters (lactones) is 1. The predicted molar refractivity (Wildman–Crippen MR) is 132 cm³/mol. The van der Waals surface area contributed by atoms with Gasteiger partial charge in [-0.2, -0.15) is 0 Å². The lowest BCUT2D eigenvalue weighted by molar-refractivity contribution is -0.154. The molecule has 3 N–H and O–H groups in total. The van der Waals surface area contributed by atoms with E-state index in [-0.39, 0.29) is 36.9 Å². The normalized spacial score (nSPS) is 35.3. The average molecular weight is 510 g/mol. The first-order chi connectivity index (χ1) is 16.4. The van der Waals surface area contributed by atoms with Crippen molar-refractivity contribution in [3.05, 3.63) is 21.7 Å². The number of aromatic nitrogens is 1. The molecule has 2 fully saturated rings. The van der Waals surface area contributed by atoms with Crippen molar-refractivity contribution in [2.24, 2.45) is 17.3 Å². The molecule has 0 amide bonds. The van der Waals surface area contributed by atoms with Gasteiger partial charge in [-0.05, 0) is 37.3 Å². The number of nitrogens with zero attached hydrogens (tertiary/aromatic N) is 1. The zero-order valence-electron chi connectivity index (χ0n) is 21.3. The van der Waals surface area contributed by atoms with Gasteiger partial charge in [-0.15, -0.1) is 11.3 Å². The molecule has 3 rings (SSSR count). The van der Waals surface area contributed by atoms with E-state index in [4.69, 9.17) is 9.47 Å². The summed E-state index contributed by atoms with van der Waals surface area (Å²) in [6.45, 7) is 8.57. The second-order valence-electron chi connectivity index (χ2n) is 10.6. The summed E-state index contributed by atoms with van der Waals surface area (Å²) in [5, 5.41) is 33.3. The van der Waals surface area contributed by atoms with Crippen LogP contribution in [0.15, 0.2) is 11.0 Å². The number of aliphatic hydroxyl groups is 3. The molecule has 0 spiro atoms. The summed E-state index contributed by atoms with van der Waals surface area (Å²) in [5.41, 5.74) is 0.253. The van der Waals surface area contributed by atoms with Crippen LogP contribution in [-0.4, -0.2) is 62.6 Å². The first-order valence-corrected chi connectivity index (χ1v) is 13.3. The van der Waals surface area contributed by atoms with Gasteiger partial charge < -0.3 is 24.8 Å². The average Bonchev–Trinajstić information content (AvgIpc) is 3.38. The summed E-state index contributed by atoms with van der Waals surface area (Å²) in [7, 11) is 0. The number of Topliss-reactive ketones (excluding diaryl/α,β-unsaturated/α-hetero) is 1. The second kappa shape index (κ2) is 11.6. The van der Waals surface area contributed by atoms with Crippen LogP contribution in [0, 0.1) is 17.3 Å². The highest BCUT2D eigenvalue weighted by Gasteiger charge is 2.44. The number of fused-ring (bicyclic) bond motifs is 1. The number of epoxide rings is 1. The van der Waals surface area contributed by atoms with Crippen LogP contribution in [0.3, 0.4) is 0 Å². The monoisotopic (exact) mass is 509 g/mol. The summed E-state index contributed by atoms with van der Waals surface area (Å²) in [6, 6.07) is 0. The highest BCUT2D eigenvalue weighted by atomic mass is 32.1. The molecule has 7 atom stereocenters. The van der Waals surface area contributed by atoms with Crippen molar-refractivity contribution in [2.75, 3.05) is 0 Å². The molecule has 196 valence electrons. The number of aliphatic hydroxyl groups excluding tert-OH is 3. The number of hydrogen-bond donors (Lipinski definition) is 3. The molecule has 8 nitrogen and oxygen atoms in total. The summed E-state index contributed by atoms with van der Waals surface area (Å²) >= 11 is 1.35. The number of rotatable bonds is 3. The van der Waals surface area contributed by atoms with Crippen LogP contribution in [0.25, 0.3) is 6.08 Å². The zero-order valence-corrected chi connectivity index (χ0v) is 22.1. The maximum Gasteiger partial charge on any atom is 0.309 e. The number of esters is 1. The van der Waals surface area contributed by atoms with Crippen LogP contribution < -0.4 is 0 Å². The standard InChI is InChI=1S/C26H39NO7S/c1-14-7-6-8-18-20(33-18)10-19(15(2)9-17-13-35-22(12-28)27-17)34-23(30)11-21(29)26(4,5)25(32)16(3)24(14)31/h9,13-14,16,18-21,24,28-29,31H,6-8,10-12H2,1-5H3/b15-9+/t14-,16+,18+,19-,20-,21-,24?/m0/s1. The minimum atomic E-state index is -1.25. The number of thiazole rings is 1. The highest BCUT2D eigenvalue weighted by molar-refractivity contribution is 7.09. The van der Waals surface area contributed by atoms with Gasteiger partial charge >= 0.3 is 5.97 Å². The van der Waals surface area contributed by atoms with Crippen LogP contribution in [0.1, 0.15) is 77.4 Å². The van der Waals surface area contributed by atoms with Crippen molar-refractivity contribution >= 4 is 29.2 Å². The lowest BCUT2D eigenvalue weighted by Gasteiger charge is -2.34. The van der Waals surface area contributed by atoms with Crippen LogP contribution >= 0.6 is 11.3 Å². The third-order valence-electron chi connectivity index (χ3n) is 7.48. The fourth-order valence-corrected chi connectivity index (χ4v) is 5.41. The summed E-state index contributed by atoms with van der Waals surface area (Å²) in [4.78, 5) is 30.4. The summed E-state index contributed by atoms with van der Waals surface area (Å²) < 4.78 is 11.7. The minimum absolute atomic E-state index is 0.0328. The number of ketones is 1. The number of hydrogen-bond acceptors (Lipinski definition) is 9. The van der Waals surface area contributed by atoms with E-state index in [0.29, 0.717) is 17.1 Å². The molecule has 1 aromatic heterocycles. The van der Waals surface area contributed by atoms with Crippen molar-refractivity contribution in [3.8, 4) is 0 Å². The van der Waals surface area contributed by atoms with E-state index in [1.54, 1.807) is 20.8 Å². The Morgan fingerprint density at radius 2 is 1.94 bits per heavy atom. The van der Waals surface area contributed by atoms with E-state index in [1.165, 1.54) is 11.3 Å². The Morgan fingerprint density at radius 3 is 2.60 bits per heavy atom. The predicted octanol–water partition coefficient (Wildman–Crippen LogP) is 3.27. The smallest absolute Gasteiger partial charge is 0.309 e. The maximum atomic E-state index is 13.2. The van der Waals surface area contributed by atoms with Crippen molar-refractivity contribution in [2.45, 2.75) is 104 Å². The van der Waals surface area contributed by atoms with Gasteiger partial charge in [-0.25, -0.2) is 4.98 Å². The third-order valence-corrected chi connectivity index (χ3v) is 8.33. The molecule has 0 aromatic carbocycles. The molecule has 1 aromatic rings. The van der Waals surface area contributed by atoms with E-state index in [1.807, 2.05) is 25.3 Å². The van der Waals surface area contributed by atoms with Crippen molar-refractivity contribution in [1.29, 1.82) is 0 Å². The molecular weight excluding hydrogens is 470 g/mol. The summed E-state index contributed by atoms with van der Waals surface area (Å²) in [6.07, 6.45) is 1.86.